The van der Waals surface area contributed by atoms with E-state index in [4.69, 9.17) is 4.74 Å². The zero-order chi connectivity index (χ0) is 21.2. The summed E-state index contributed by atoms with van der Waals surface area (Å²) in [4.78, 5) is 24.2. The van der Waals surface area contributed by atoms with Crippen molar-refractivity contribution in [2.24, 2.45) is 5.92 Å². The standard InChI is InChI=1S/C23H31N3O3/c1-5-17(4)25-23(28)18-6-8-19(9-7-18)24-14-22(27)26-20-10-12-21(13-11-20)29-15-16(2)3/h6-13,16-17,24H,5,14-15H2,1-4H3,(H,25,28)(H,26,27). The van der Waals surface area contributed by atoms with Gasteiger partial charge in [-0.25, -0.2) is 0 Å². The molecule has 0 spiro atoms. The topological polar surface area (TPSA) is 79.5 Å². The second kappa shape index (κ2) is 11.1. The van der Waals surface area contributed by atoms with Gasteiger partial charge in [0, 0.05) is 23.0 Å². The highest BCUT2D eigenvalue weighted by molar-refractivity contribution is 5.95. The molecule has 2 aromatic carbocycles. The molecule has 29 heavy (non-hydrogen) atoms. The van der Waals surface area contributed by atoms with Gasteiger partial charge in [-0.2, -0.15) is 0 Å². The van der Waals surface area contributed by atoms with E-state index in [2.05, 4.69) is 29.8 Å². The van der Waals surface area contributed by atoms with Crippen molar-refractivity contribution in [1.82, 2.24) is 5.32 Å². The Morgan fingerprint density at radius 1 is 0.931 bits per heavy atom. The Bertz CT molecular complexity index is 786. The Labute approximate surface area is 173 Å². The molecule has 0 bridgehead atoms. The van der Waals surface area contributed by atoms with Crippen LogP contribution < -0.4 is 20.7 Å². The largest absolute Gasteiger partial charge is 0.493 e. The van der Waals surface area contributed by atoms with Crippen LogP contribution in [0.25, 0.3) is 0 Å². The number of rotatable bonds is 10. The number of carbonyl (C=O) groups excluding carboxylic acids is 2. The minimum absolute atomic E-state index is 0.0931. The summed E-state index contributed by atoms with van der Waals surface area (Å²) >= 11 is 0. The molecule has 0 saturated heterocycles. The number of ether oxygens (including phenoxy) is 1. The third kappa shape index (κ3) is 7.86. The summed E-state index contributed by atoms with van der Waals surface area (Å²) in [6.45, 7) is 8.97. The van der Waals surface area contributed by atoms with Gasteiger partial charge in [-0.15, -0.1) is 0 Å². The van der Waals surface area contributed by atoms with Crippen LogP contribution in [-0.4, -0.2) is 31.0 Å². The molecule has 0 radical (unpaired) electrons. The van der Waals surface area contributed by atoms with Crippen LogP contribution in [0.5, 0.6) is 5.75 Å². The van der Waals surface area contributed by atoms with Gasteiger partial charge in [0.2, 0.25) is 5.91 Å². The van der Waals surface area contributed by atoms with E-state index in [0.717, 1.165) is 17.9 Å². The summed E-state index contributed by atoms with van der Waals surface area (Å²) in [5.74, 6) is 1.000. The molecule has 0 heterocycles. The summed E-state index contributed by atoms with van der Waals surface area (Å²) in [6, 6.07) is 14.5. The van der Waals surface area contributed by atoms with Crippen LogP contribution in [0.3, 0.4) is 0 Å². The SMILES string of the molecule is CCC(C)NC(=O)c1ccc(NCC(=O)Nc2ccc(OCC(C)C)cc2)cc1. The van der Waals surface area contributed by atoms with Gasteiger partial charge in [-0.3, -0.25) is 9.59 Å². The maximum atomic E-state index is 12.1. The maximum Gasteiger partial charge on any atom is 0.251 e. The Morgan fingerprint density at radius 3 is 2.14 bits per heavy atom. The molecule has 6 heteroatoms. The number of hydrogen-bond acceptors (Lipinski definition) is 4. The lowest BCUT2D eigenvalue weighted by Gasteiger charge is -2.12. The molecule has 0 fully saturated rings. The van der Waals surface area contributed by atoms with Crippen LogP contribution in [0, 0.1) is 5.92 Å². The van der Waals surface area contributed by atoms with Gasteiger partial charge >= 0.3 is 0 Å². The molecule has 0 aliphatic rings. The van der Waals surface area contributed by atoms with E-state index in [-0.39, 0.29) is 24.4 Å². The third-order valence-corrected chi connectivity index (χ3v) is 4.31. The number of carbonyl (C=O) groups is 2. The molecule has 3 N–H and O–H groups in total. The van der Waals surface area contributed by atoms with E-state index in [0.29, 0.717) is 23.8 Å². The van der Waals surface area contributed by atoms with Crippen molar-refractivity contribution in [3.63, 3.8) is 0 Å². The minimum atomic E-state index is -0.153. The summed E-state index contributed by atoms with van der Waals surface area (Å²) in [7, 11) is 0. The zero-order valence-electron chi connectivity index (χ0n) is 17.6. The molecular weight excluding hydrogens is 366 g/mol. The lowest BCUT2D eigenvalue weighted by atomic mass is 10.1. The highest BCUT2D eigenvalue weighted by Crippen LogP contribution is 2.16. The van der Waals surface area contributed by atoms with Crippen LogP contribution in [0.2, 0.25) is 0 Å². The van der Waals surface area contributed by atoms with Crippen LogP contribution in [0.15, 0.2) is 48.5 Å². The third-order valence-electron chi connectivity index (χ3n) is 4.31. The van der Waals surface area contributed by atoms with Crippen molar-refractivity contribution in [1.29, 1.82) is 0 Å². The smallest absolute Gasteiger partial charge is 0.251 e. The summed E-state index contributed by atoms with van der Waals surface area (Å²) in [5.41, 5.74) is 2.09. The lowest BCUT2D eigenvalue weighted by molar-refractivity contribution is -0.114. The molecule has 0 aromatic heterocycles. The second-order valence-electron chi connectivity index (χ2n) is 7.49. The molecular formula is C23H31N3O3. The van der Waals surface area contributed by atoms with Gasteiger partial charge in [0.1, 0.15) is 5.75 Å². The van der Waals surface area contributed by atoms with Crippen molar-refractivity contribution in [2.75, 3.05) is 23.8 Å². The molecule has 156 valence electrons. The molecule has 0 saturated carbocycles. The molecule has 6 nitrogen and oxygen atoms in total. The van der Waals surface area contributed by atoms with Crippen molar-refractivity contribution in [3.8, 4) is 5.75 Å². The fourth-order valence-electron chi connectivity index (χ4n) is 2.43. The second-order valence-corrected chi connectivity index (χ2v) is 7.49. The maximum absolute atomic E-state index is 12.1. The normalized spacial score (nSPS) is 11.6. The summed E-state index contributed by atoms with van der Waals surface area (Å²) in [5, 5.41) is 8.83. The van der Waals surface area contributed by atoms with Gasteiger partial charge in [0.15, 0.2) is 0 Å². The first kappa shape index (κ1) is 22.3. The van der Waals surface area contributed by atoms with Crippen molar-refractivity contribution in [2.45, 2.75) is 40.2 Å². The Morgan fingerprint density at radius 2 is 1.55 bits per heavy atom. The van der Waals surface area contributed by atoms with Crippen molar-refractivity contribution < 1.29 is 14.3 Å². The van der Waals surface area contributed by atoms with E-state index in [1.165, 1.54) is 0 Å². The number of nitrogens with one attached hydrogen (secondary N) is 3. The van der Waals surface area contributed by atoms with Gasteiger partial charge < -0.3 is 20.7 Å². The fourth-order valence-corrected chi connectivity index (χ4v) is 2.43. The van der Waals surface area contributed by atoms with Crippen molar-refractivity contribution in [3.05, 3.63) is 54.1 Å². The van der Waals surface area contributed by atoms with Gasteiger partial charge in [0.25, 0.3) is 5.91 Å². The highest BCUT2D eigenvalue weighted by Gasteiger charge is 2.08. The molecule has 0 aliphatic carbocycles. The Balaban J connectivity index is 1.79. The molecule has 0 aliphatic heterocycles. The fraction of sp³-hybridized carbons (Fsp3) is 0.391. The van der Waals surface area contributed by atoms with E-state index >= 15 is 0 Å². The first-order chi connectivity index (χ1) is 13.9. The predicted octanol–water partition coefficient (Wildman–Crippen LogP) is 4.30. The van der Waals surface area contributed by atoms with E-state index < -0.39 is 0 Å². The quantitative estimate of drug-likeness (QED) is 0.558. The monoisotopic (exact) mass is 397 g/mol. The first-order valence-corrected chi connectivity index (χ1v) is 10.0. The predicted molar refractivity (Wildman–Crippen MR) is 118 cm³/mol. The summed E-state index contributed by atoms with van der Waals surface area (Å²) in [6.07, 6.45) is 0.883. The summed E-state index contributed by atoms with van der Waals surface area (Å²) < 4.78 is 5.63. The number of anilines is 2. The molecule has 1 atom stereocenters. The Kier molecular flexibility index (Phi) is 8.52. The number of amides is 2. The average Bonchev–Trinajstić information content (AvgIpc) is 2.72. The minimum Gasteiger partial charge on any atom is -0.493 e. The highest BCUT2D eigenvalue weighted by atomic mass is 16.5. The van der Waals surface area contributed by atoms with Crippen molar-refractivity contribution >= 4 is 23.2 Å². The molecule has 2 aromatic rings. The van der Waals surface area contributed by atoms with E-state index in [1.807, 2.05) is 38.1 Å². The molecule has 1 unspecified atom stereocenters. The lowest BCUT2D eigenvalue weighted by Crippen LogP contribution is -2.31. The Hall–Kier alpha value is -3.02. The van der Waals surface area contributed by atoms with Crippen LogP contribution in [0.1, 0.15) is 44.5 Å². The molecule has 2 amide bonds. The van der Waals surface area contributed by atoms with E-state index in [1.54, 1.807) is 24.3 Å². The number of hydrogen-bond donors (Lipinski definition) is 3. The average molecular weight is 398 g/mol. The van der Waals surface area contributed by atoms with Crippen LogP contribution in [-0.2, 0) is 4.79 Å². The first-order valence-electron chi connectivity index (χ1n) is 10.0. The van der Waals surface area contributed by atoms with E-state index in [9.17, 15) is 9.59 Å². The number of benzene rings is 2. The van der Waals surface area contributed by atoms with Crippen LogP contribution in [0.4, 0.5) is 11.4 Å². The van der Waals surface area contributed by atoms with Gasteiger partial charge in [-0.1, -0.05) is 20.8 Å². The molecule has 2 rings (SSSR count). The van der Waals surface area contributed by atoms with Crippen LogP contribution >= 0.6 is 0 Å². The zero-order valence-corrected chi connectivity index (χ0v) is 17.6. The van der Waals surface area contributed by atoms with Gasteiger partial charge in [0.05, 0.1) is 13.2 Å². The van der Waals surface area contributed by atoms with Gasteiger partial charge in [-0.05, 0) is 67.8 Å².